The summed E-state index contributed by atoms with van der Waals surface area (Å²) in [5.41, 5.74) is 3.36. The largest absolute Gasteiger partial charge is 0.455 e. The molecule has 0 saturated carbocycles. The fourth-order valence-corrected chi connectivity index (χ4v) is 4.37. The van der Waals surface area contributed by atoms with Crippen molar-refractivity contribution in [2.24, 2.45) is 0 Å². The molecule has 0 unspecified atom stereocenters. The van der Waals surface area contributed by atoms with Crippen LogP contribution < -0.4 is 9.64 Å². The highest BCUT2D eigenvalue weighted by atomic mass is 127. The van der Waals surface area contributed by atoms with Crippen LogP contribution in [0.15, 0.2) is 54.7 Å². The van der Waals surface area contributed by atoms with Crippen molar-refractivity contribution < 1.29 is 7.81 Å². The second-order valence-electron chi connectivity index (χ2n) is 7.39. The van der Waals surface area contributed by atoms with Crippen LogP contribution in [-0.4, -0.2) is 41.3 Å². The molecule has 2 aromatic rings. The third kappa shape index (κ3) is 5.58. The second-order valence-corrected chi connectivity index (χ2v) is 8.69. The zero-order valence-electron chi connectivity index (χ0n) is 17.5. The minimum Gasteiger partial charge on any atom is -0.455 e. The van der Waals surface area contributed by atoms with Crippen molar-refractivity contribution in [1.29, 1.82) is 5.26 Å². The first-order valence-corrected chi connectivity index (χ1v) is 12.3. The number of hydrogen-bond donors (Lipinski definition) is 0. The van der Waals surface area contributed by atoms with Crippen LogP contribution in [0.2, 0.25) is 0 Å². The Labute approximate surface area is 188 Å². The molecule has 3 rings (SSSR count). The van der Waals surface area contributed by atoms with E-state index in [1.807, 2.05) is 43.1 Å². The van der Waals surface area contributed by atoms with Gasteiger partial charge in [-0.15, -0.1) is 0 Å². The van der Waals surface area contributed by atoms with Gasteiger partial charge in [0.05, 0.1) is 23.9 Å². The van der Waals surface area contributed by atoms with E-state index in [2.05, 4.69) is 22.7 Å². The quantitative estimate of drug-likeness (QED) is 0.259. The average Bonchev–Trinajstić information content (AvgIpc) is 3.29. The smallest absolute Gasteiger partial charge is 0.166 e. The van der Waals surface area contributed by atoms with Crippen molar-refractivity contribution >= 4 is 26.9 Å². The monoisotopic (exact) mass is 518 g/mol. The highest BCUT2D eigenvalue weighted by Crippen LogP contribution is 2.35. The lowest BCUT2D eigenvalue weighted by atomic mass is 10.2. The molecular weight excluding hydrogens is 491 g/mol. The van der Waals surface area contributed by atoms with Crippen LogP contribution in [0.1, 0.15) is 24.0 Å². The van der Waals surface area contributed by atoms with Gasteiger partial charge in [0.15, 0.2) is 26.9 Å². The first-order chi connectivity index (χ1) is 14.5. The summed E-state index contributed by atoms with van der Waals surface area (Å²) in [6, 6.07) is 15.4. The molecule has 0 bridgehead atoms. The number of benzene rings is 2. The summed E-state index contributed by atoms with van der Waals surface area (Å²) in [5.74, 6) is 1.35. The molecule has 0 aromatic heterocycles. The summed E-state index contributed by atoms with van der Waals surface area (Å²) in [5, 5.41) is 13.8. The van der Waals surface area contributed by atoms with Crippen molar-refractivity contribution in [1.82, 2.24) is 10.0 Å². The summed E-state index contributed by atoms with van der Waals surface area (Å²) >= 11 is -1.25. The van der Waals surface area contributed by atoms with Gasteiger partial charge in [0.1, 0.15) is 10.3 Å². The Morgan fingerprint density at radius 2 is 1.93 bits per heavy atom. The highest BCUT2D eigenvalue weighted by molar-refractivity contribution is 14.1. The molecule has 0 N–H and O–H groups in total. The zero-order chi connectivity index (χ0) is 21.5. The molecule has 1 fully saturated rings. The number of hydrazine groups is 1. The maximum absolute atomic E-state index is 11.7. The van der Waals surface area contributed by atoms with Crippen molar-refractivity contribution in [3.63, 3.8) is 0 Å². The van der Waals surface area contributed by atoms with E-state index in [-0.39, 0.29) is 0 Å². The molecule has 1 saturated heterocycles. The third-order valence-electron chi connectivity index (χ3n) is 5.21. The average molecular weight is 518 g/mol. The van der Waals surface area contributed by atoms with E-state index in [0.29, 0.717) is 22.4 Å². The van der Waals surface area contributed by atoms with Gasteiger partial charge in [-0.2, -0.15) is 5.26 Å². The number of rotatable bonds is 9. The standard InChI is InChI=1S/C23H27IN4O2/c1-18-6-9-21(10-7-18)30-23-11-8-20(15-25)14-22(23)27(17-24-29)16-19(2)26(3)28-12-4-5-13-28/h6-11,14H,2,4-5,12-13,16-17H2,1,3H3. The van der Waals surface area contributed by atoms with Crippen LogP contribution in [0, 0.1) is 18.3 Å². The SMILES string of the molecule is C=C(CN(CI=O)c1cc(C#N)ccc1Oc1ccc(C)cc1)N(C)N1CCCC1. The Kier molecular flexibility index (Phi) is 7.82. The Hall–Kier alpha value is -2.44. The number of alkyl halides is 1. The summed E-state index contributed by atoms with van der Waals surface area (Å²) in [4.78, 5) is 2.00. The van der Waals surface area contributed by atoms with Crippen LogP contribution in [0.3, 0.4) is 0 Å². The molecule has 0 aliphatic carbocycles. The molecule has 2 aromatic carbocycles. The number of ether oxygens (including phenoxy) is 1. The Morgan fingerprint density at radius 3 is 2.57 bits per heavy atom. The van der Waals surface area contributed by atoms with Crippen LogP contribution in [0.5, 0.6) is 11.5 Å². The normalized spacial score (nSPS) is 13.6. The topological polar surface area (TPSA) is 59.8 Å². The van der Waals surface area contributed by atoms with Gasteiger partial charge in [-0.3, -0.25) is 3.07 Å². The number of likely N-dealkylation sites (N-methyl/N-ethyl adjacent to an activating group) is 1. The van der Waals surface area contributed by atoms with Crippen molar-refractivity contribution in [3.8, 4) is 17.6 Å². The molecule has 1 aliphatic rings. The Bertz CT molecular complexity index is 933. The maximum Gasteiger partial charge on any atom is 0.166 e. The van der Waals surface area contributed by atoms with Gasteiger partial charge in [0.2, 0.25) is 0 Å². The fourth-order valence-electron chi connectivity index (χ4n) is 3.43. The van der Waals surface area contributed by atoms with Gasteiger partial charge >= 0.3 is 0 Å². The molecule has 0 radical (unpaired) electrons. The number of anilines is 1. The molecular formula is C23H27IN4O2. The molecule has 0 spiro atoms. The first-order valence-electron chi connectivity index (χ1n) is 9.93. The van der Waals surface area contributed by atoms with Gasteiger partial charge < -0.3 is 14.6 Å². The first kappa shape index (κ1) is 22.2. The minimum absolute atomic E-state index is 0.408. The molecule has 7 heteroatoms. The maximum atomic E-state index is 11.7. The van der Waals surface area contributed by atoms with E-state index in [0.717, 1.165) is 35.8 Å². The van der Waals surface area contributed by atoms with Crippen LogP contribution in [0.4, 0.5) is 5.69 Å². The number of nitrogens with zero attached hydrogens (tertiary/aromatic N) is 4. The van der Waals surface area contributed by atoms with Gasteiger partial charge in [0.25, 0.3) is 0 Å². The second kappa shape index (κ2) is 10.5. The summed E-state index contributed by atoms with van der Waals surface area (Å²) in [7, 11) is 2.02. The van der Waals surface area contributed by atoms with Gasteiger partial charge in [-0.25, -0.2) is 5.01 Å². The molecule has 1 heterocycles. The lowest BCUT2D eigenvalue weighted by molar-refractivity contribution is 0.0615. The summed E-state index contributed by atoms with van der Waals surface area (Å²) in [6.07, 6.45) is 2.37. The summed E-state index contributed by atoms with van der Waals surface area (Å²) < 4.78 is 18.2. The van der Waals surface area contributed by atoms with Gasteiger partial charge in [-0.1, -0.05) is 24.3 Å². The third-order valence-corrected chi connectivity index (χ3v) is 6.31. The van der Waals surface area contributed by atoms with E-state index < -0.39 is 21.2 Å². The number of aryl methyl sites for hydroxylation is 1. The van der Waals surface area contributed by atoms with Gasteiger partial charge in [0, 0.05) is 25.8 Å². The molecule has 1 aliphatic heterocycles. The number of halogens is 1. The number of hydrogen-bond acceptors (Lipinski definition) is 6. The van der Waals surface area contributed by atoms with E-state index in [1.54, 1.807) is 18.2 Å². The Morgan fingerprint density at radius 1 is 1.23 bits per heavy atom. The van der Waals surface area contributed by atoms with E-state index in [9.17, 15) is 8.33 Å². The van der Waals surface area contributed by atoms with Gasteiger partial charge in [-0.05, 0) is 50.1 Å². The zero-order valence-corrected chi connectivity index (χ0v) is 19.6. The molecule has 0 amide bonds. The number of nitriles is 1. The minimum atomic E-state index is -1.25. The van der Waals surface area contributed by atoms with Crippen LogP contribution in [0.25, 0.3) is 0 Å². The molecule has 6 nitrogen and oxygen atoms in total. The predicted octanol–water partition coefficient (Wildman–Crippen LogP) is 5.20. The van der Waals surface area contributed by atoms with Crippen molar-refractivity contribution in [2.75, 3.05) is 36.1 Å². The molecule has 0 atom stereocenters. The highest BCUT2D eigenvalue weighted by Gasteiger charge is 2.21. The van der Waals surface area contributed by atoms with Crippen LogP contribution >= 0.6 is 21.2 Å². The fraction of sp³-hybridized carbons (Fsp3) is 0.348. The van der Waals surface area contributed by atoms with Crippen molar-refractivity contribution in [2.45, 2.75) is 19.8 Å². The van der Waals surface area contributed by atoms with E-state index in [1.165, 1.54) is 12.8 Å². The molecule has 30 heavy (non-hydrogen) atoms. The summed E-state index contributed by atoms with van der Waals surface area (Å²) in [6.45, 7) is 8.84. The van der Waals surface area contributed by atoms with E-state index in [4.69, 9.17) is 4.74 Å². The lowest BCUT2D eigenvalue weighted by Gasteiger charge is -2.34. The predicted molar refractivity (Wildman–Crippen MR) is 127 cm³/mol. The van der Waals surface area contributed by atoms with Crippen LogP contribution in [-0.2, 0) is 3.07 Å². The Balaban J connectivity index is 1.87. The molecule has 158 valence electrons. The van der Waals surface area contributed by atoms with E-state index >= 15 is 0 Å². The lowest BCUT2D eigenvalue weighted by Crippen LogP contribution is -2.40. The van der Waals surface area contributed by atoms with Crippen molar-refractivity contribution in [3.05, 3.63) is 65.9 Å².